The van der Waals surface area contributed by atoms with Crippen molar-refractivity contribution in [3.63, 3.8) is 0 Å². The predicted molar refractivity (Wildman–Crippen MR) is 104 cm³/mol. The van der Waals surface area contributed by atoms with Gasteiger partial charge in [-0.25, -0.2) is 9.82 Å². The molecule has 0 aliphatic heterocycles. The Morgan fingerprint density at radius 1 is 1.00 bits per heavy atom. The summed E-state index contributed by atoms with van der Waals surface area (Å²) >= 11 is 5.85. The van der Waals surface area contributed by atoms with Gasteiger partial charge in [0.1, 0.15) is 18.2 Å². The SMILES string of the molecule is O=C(N/N=C\c1ccc(F)cc1)c1ccc(OCc2ccc(Cl)cc2)cc1. The summed E-state index contributed by atoms with van der Waals surface area (Å²) in [5.41, 5.74) is 4.56. The van der Waals surface area contributed by atoms with Crippen molar-refractivity contribution in [1.82, 2.24) is 5.43 Å². The smallest absolute Gasteiger partial charge is 0.271 e. The molecule has 4 nitrogen and oxygen atoms in total. The molecule has 0 radical (unpaired) electrons. The van der Waals surface area contributed by atoms with E-state index in [2.05, 4.69) is 10.5 Å². The number of amides is 1. The first-order valence-corrected chi connectivity index (χ1v) is 8.54. The number of hydrazone groups is 1. The van der Waals surface area contributed by atoms with E-state index >= 15 is 0 Å². The highest BCUT2D eigenvalue weighted by molar-refractivity contribution is 6.30. The minimum Gasteiger partial charge on any atom is -0.489 e. The molecule has 0 unspecified atom stereocenters. The van der Waals surface area contributed by atoms with Gasteiger partial charge < -0.3 is 4.74 Å². The van der Waals surface area contributed by atoms with Crippen LogP contribution in [0.2, 0.25) is 5.02 Å². The standard InChI is InChI=1S/C21H16ClFN2O2/c22-18-7-1-16(2-8-18)14-27-20-11-5-17(6-12-20)21(26)25-24-13-15-3-9-19(23)10-4-15/h1-13H,14H2,(H,25,26)/b24-13-. The molecular formula is C21H16ClFN2O2. The normalized spacial score (nSPS) is 10.7. The first-order chi connectivity index (χ1) is 13.1. The van der Waals surface area contributed by atoms with Gasteiger partial charge in [-0.15, -0.1) is 0 Å². The molecule has 0 bridgehead atoms. The lowest BCUT2D eigenvalue weighted by Gasteiger charge is -2.07. The molecule has 0 aliphatic rings. The summed E-state index contributed by atoms with van der Waals surface area (Å²) in [6.45, 7) is 0.407. The molecule has 1 N–H and O–H groups in total. The Morgan fingerprint density at radius 2 is 1.67 bits per heavy atom. The molecule has 0 spiro atoms. The van der Waals surface area contributed by atoms with Crippen LogP contribution in [-0.4, -0.2) is 12.1 Å². The second-order valence-corrected chi connectivity index (χ2v) is 6.13. The molecule has 0 aromatic heterocycles. The zero-order valence-electron chi connectivity index (χ0n) is 14.2. The van der Waals surface area contributed by atoms with Crippen LogP contribution in [0, 0.1) is 5.82 Å². The van der Waals surface area contributed by atoms with E-state index in [4.69, 9.17) is 16.3 Å². The molecule has 3 aromatic rings. The molecule has 0 heterocycles. The van der Waals surface area contributed by atoms with Crippen LogP contribution in [0.15, 0.2) is 77.9 Å². The Morgan fingerprint density at radius 3 is 2.33 bits per heavy atom. The first kappa shape index (κ1) is 18.6. The van der Waals surface area contributed by atoms with Crippen molar-refractivity contribution < 1.29 is 13.9 Å². The minimum atomic E-state index is -0.349. The number of hydrogen-bond acceptors (Lipinski definition) is 3. The van der Waals surface area contributed by atoms with Gasteiger partial charge in [-0.05, 0) is 59.7 Å². The number of benzene rings is 3. The monoisotopic (exact) mass is 382 g/mol. The maximum absolute atomic E-state index is 12.8. The first-order valence-electron chi connectivity index (χ1n) is 8.16. The predicted octanol–water partition coefficient (Wildman–Crippen LogP) is 4.82. The largest absolute Gasteiger partial charge is 0.489 e. The van der Waals surface area contributed by atoms with E-state index in [1.807, 2.05) is 12.1 Å². The number of carbonyl (C=O) groups excluding carboxylic acids is 1. The molecule has 27 heavy (non-hydrogen) atoms. The lowest BCUT2D eigenvalue weighted by molar-refractivity contribution is 0.0955. The van der Waals surface area contributed by atoms with Crippen molar-refractivity contribution in [1.29, 1.82) is 0 Å². The highest BCUT2D eigenvalue weighted by Crippen LogP contribution is 2.15. The average molecular weight is 383 g/mol. The van der Waals surface area contributed by atoms with Gasteiger partial charge >= 0.3 is 0 Å². The van der Waals surface area contributed by atoms with Crippen LogP contribution in [0.5, 0.6) is 5.75 Å². The third-order valence-corrected chi connectivity index (χ3v) is 3.94. The van der Waals surface area contributed by atoms with Crippen LogP contribution in [0.1, 0.15) is 21.5 Å². The molecule has 0 atom stereocenters. The van der Waals surface area contributed by atoms with Gasteiger partial charge in [0.05, 0.1) is 6.21 Å². The number of carbonyl (C=O) groups is 1. The molecular weight excluding hydrogens is 367 g/mol. The van der Waals surface area contributed by atoms with Crippen LogP contribution in [0.4, 0.5) is 4.39 Å². The van der Waals surface area contributed by atoms with E-state index in [1.165, 1.54) is 18.3 Å². The molecule has 0 fully saturated rings. The molecule has 3 rings (SSSR count). The fraction of sp³-hybridized carbons (Fsp3) is 0.0476. The van der Waals surface area contributed by atoms with Crippen LogP contribution < -0.4 is 10.2 Å². The lowest BCUT2D eigenvalue weighted by atomic mass is 10.2. The van der Waals surface area contributed by atoms with Crippen molar-refractivity contribution in [2.45, 2.75) is 6.61 Å². The fourth-order valence-electron chi connectivity index (χ4n) is 2.23. The molecule has 0 aliphatic carbocycles. The van der Waals surface area contributed by atoms with E-state index < -0.39 is 0 Å². The van der Waals surface area contributed by atoms with Crippen LogP contribution in [0.3, 0.4) is 0 Å². The summed E-state index contributed by atoms with van der Waals surface area (Å²) in [5, 5.41) is 4.54. The van der Waals surface area contributed by atoms with Gasteiger partial charge in [-0.2, -0.15) is 5.10 Å². The Balaban J connectivity index is 1.52. The summed E-state index contributed by atoms with van der Waals surface area (Å²) in [6.07, 6.45) is 1.45. The minimum absolute atomic E-state index is 0.324. The number of halogens is 2. The molecule has 6 heteroatoms. The fourth-order valence-corrected chi connectivity index (χ4v) is 2.35. The second kappa shape index (κ2) is 8.96. The zero-order chi connectivity index (χ0) is 19.1. The molecule has 0 saturated heterocycles. The summed E-state index contributed by atoms with van der Waals surface area (Å²) in [7, 11) is 0. The summed E-state index contributed by atoms with van der Waals surface area (Å²) in [4.78, 5) is 12.1. The molecule has 3 aromatic carbocycles. The summed E-state index contributed by atoms with van der Waals surface area (Å²) < 4.78 is 18.5. The van der Waals surface area contributed by atoms with Gasteiger partial charge in [0.25, 0.3) is 5.91 Å². The molecule has 0 saturated carbocycles. The highest BCUT2D eigenvalue weighted by atomic mass is 35.5. The second-order valence-electron chi connectivity index (χ2n) is 5.69. The maximum atomic E-state index is 12.8. The van der Waals surface area contributed by atoms with E-state index in [0.29, 0.717) is 28.5 Å². The van der Waals surface area contributed by atoms with Crippen molar-refractivity contribution in [2.75, 3.05) is 0 Å². The van der Waals surface area contributed by atoms with E-state index in [9.17, 15) is 9.18 Å². The number of nitrogens with zero attached hydrogens (tertiary/aromatic N) is 1. The molecule has 136 valence electrons. The van der Waals surface area contributed by atoms with E-state index in [-0.39, 0.29) is 11.7 Å². The van der Waals surface area contributed by atoms with Crippen LogP contribution in [0.25, 0.3) is 0 Å². The number of nitrogens with one attached hydrogen (secondary N) is 1. The lowest BCUT2D eigenvalue weighted by Crippen LogP contribution is -2.17. The van der Waals surface area contributed by atoms with E-state index in [0.717, 1.165) is 5.56 Å². The van der Waals surface area contributed by atoms with Crippen LogP contribution in [-0.2, 0) is 6.61 Å². The Hall–Kier alpha value is -3.18. The topological polar surface area (TPSA) is 50.7 Å². The van der Waals surface area contributed by atoms with Gasteiger partial charge in [-0.3, -0.25) is 4.79 Å². The van der Waals surface area contributed by atoms with Crippen molar-refractivity contribution in [3.05, 3.63) is 100 Å². The van der Waals surface area contributed by atoms with Crippen molar-refractivity contribution in [2.24, 2.45) is 5.10 Å². The van der Waals surface area contributed by atoms with Crippen LogP contribution >= 0.6 is 11.6 Å². The summed E-state index contributed by atoms with van der Waals surface area (Å²) in [5.74, 6) is -0.0246. The quantitative estimate of drug-likeness (QED) is 0.490. The molecule has 1 amide bonds. The highest BCUT2D eigenvalue weighted by Gasteiger charge is 2.04. The zero-order valence-corrected chi connectivity index (χ0v) is 15.0. The number of rotatable bonds is 6. The Bertz CT molecular complexity index is 924. The average Bonchev–Trinajstić information content (AvgIpc) is 2.69. The van der Waals surface area contributed by atoms with Gasteiger partial charge in [0, 0.05) is 10.6 Å². The Labute approximate surface area is 161 Å². The van der Waals surface area contributed by atoms with Crippen molar-refractivity contribution >= 4 is 23.7 Å². The third-order valence-electron chi connectivity index (χ3n) is 3.68. The summed E-state index contributed by atoms with van der Waals surface area (Å²) in [6, 6.07) is 19.9. The van der Waals surface area contributed by atoms with E-state index in [1.54, 1.807) is 48.5 Å². The van der Waals surface area contributed by atoms with Crippen molar-refractivity contribution in [3.8, 4) is 5.75 Å². The van der Waals surface area contributed by atoms with Gasteiger partial charge in [0.15, 0.2) is 0 Å². The number of hydrogen-bond donors (Lipinski definition) is 1. The van der Waals surface area contributed by atoms with Gasteiger partial charge in [-0.1, -0.05) is 35.9 Å². The third kappa shape index (κ3) is 5.66. The number of ether oxygens (including phenoxy) is 1. The van der Waals surface area contributed by atoms with Gasteiger partial charge in [0.2, 0.25) is 0 Å². The Kier molecular flexibility index (Phi) is 6.18. The maximum Gasteiger partial charge on any atom is 0.271 e.